The number of hydrogen-bond acceptors (Lipinski definition) is 6. The lowest BCUT2D eigenvalue weighted by atomic mass is 9.90. The van der Waals surface area contributed by atoms with Crippen LogP contribution >= 0.6 is 0 Å². The summed E-state index contributed by atoms with van der Waals surface area (Å²) in [4.78, 5) is 27.8. The standard InChI is InChI=1S/C30H38FN3O5/c1-29(2,3)38-27(35)33(7)20-11-14-25-22(17-20)21-15-18(32-19-9-12-23(31)26(16-19)37-8)10-13-24(21)34(25)28(36)39-30(4,5)6/h9-10,12-13,15-16,20,32H,11,14,17H2,1-8H3. The Kier molecular flexibility index (Phi) is 7.56. The molecule has 0 saturated heterocycles. The number of amides is 1. The van der Waals surface area contributed by atoms with Crippen LogP contribution in [0.25, 0.3) is 10.9 Å². The van der Waals surface area contributed by atoms with Gasteiger partial charge < -0.3 is 24.4 Å². The number of halogens is 1. The van der Waals surface area contributed by atoms with Crippen molar-refractivity contribution in [2.75, 3.05) is 19.5 Å². The lowest BCUT2D eigenvalue weighted by Crippen LogP contribution is -2.43. The van der Waals surface area contributed by atoms with E-state index < -0.39 is 23.1 Å². The third-order valence-electron chi connectivity index (χ3n) is 6.58. The second kappa shape index (κ2) is 10.4. The van der Waals surface area contributed by atoms with Gasteiger partial charge in [-0.05, 0) is 96.7 Å². The van der Waals surface area contributed by atoms with E-state index in [-0.39, 0.29) is 17.9 Å². The third kappa shape index (κ3) is 6.29. The maximum absolute atomic E-state index is 13.9. The van der Waals surface area contributed by atoms with Crippen LogP contribution in [0.5, 0.6) is 5.75 Å². The monoisotopic (exact) mass is 539 g/mol. The smallest absolute Gasteiger partial charge is 0.419 e. The number of carbonyl (C=O) groups excluding carboxylic acids is 2. The fourth-order valence-electron chi connectivity index (χ4n) is 4.85. The van der Waals surface area contributed by atoms with Crippen LogP contribution in [0.1, 0.15) is 59.2 Å². The van der Waals surface area contributed by atoms with Gasteiger partial charge in [-0.25, -0.2) is 18.5 Å². The van der Waals surface area contributed by atoms with Crippen molar-refractivity contribution in [3.63, 3.8) is 0 Å². The second-order valence-electron chi connectivity index (χ2n) is 11.9. The SMILES string of the molecule is COc1cc(Nc2ccc3c(c2)c2c(n3C(=O)OC(C)(C)C)CCC(N(C)C(=O)OC(C)(C)C)C2)ccc1F. The molecule has 1 aromatic heterocycles. The molecule has 1 N–H and O–H groups in total. The van der Waals surface area contributed by atoms with E-state index >= 15 is 0 Å². The molecule has 1 heterocycles. The second-order valence-corrected chi connectivity index (χ2v) is 11.9. The molecule has 0 saturated carbocycles. The van der Waals surface area contributed by atoms with Gasteiger partial charge >= 0.3 is 12.2 Å². The summed E-state index contributed by atoms with van der Waals surface area (Å²) >= 11 is 0. The molecule has 0 bridgehead atoms. The van der Waals surface area contributed by atoms with Gasteiger partial charge in [0, 0.05) is 41.6 Å². The molecule has 0 fully saturated rings. The van der Waals surface area contributed by atoms with Crippen molar-refractivity contribution in [2.45, 2.75) is 78.0 Å². The van der Waals surface area contributed by atoms with Gasteiger partial charge in [-0.2, -0.15) is 0 Å². The molecule has 8 nitrogen and oxygen atoms in total. The average molecular weight is 540 g/mol. The van der Waals surface area contributed by atoms with Crippen molar-refractivity contribution < 1.29 is 28.2 Å². The van der Waals surface area contributed by atoms with E-state index in [1.54, 1.807) is 28.6 Å². The number of carbonyl (C=O) groups is 2. The van der Waals surface area contributed by atoms with Gasteiger partial charge in [-0.1, -0.05) is 0 Å². The molecule has 0 aliphatic heterocycles. The number of benzene rings is 2. The average Bonchev–Trinajstić information content (AvgIpc) is 3.15. The summed E-state index contributed by atoms with van der Waals surface area (Å²) in [5, 5.41) is 4.19. The van der Waals surface area contributed by atoms with Crippen molar-refractivity contribution in [3.8, 4) is 5.75 Å². The topological polar surface area (TPSA) is 82.0 Å². The molecule has 9 heteroatoms. The molecule has 1 atom stereocenters. The summed E-state index contributed by atoms with van der Waals surface area (Å²) in [6.07, 6.45) is 1.03. The Bertz CT molecular complexity index is 1400. The fraction of sp³-hybridized carbons (Fsp3) is 0.467. The fourth-order valence-corrected chi connectivity index (χ4v) is 4.85. The summed E-state index contributed by atoms with van der Waals surface area (Å²) in [5.41, 5.74) is 2.78. The Balaban J connectivity index is 1.74. The van der Waals surface area contributed by atoms with E-state index in [1.165, 1.54) is 13.2 Å². The van der Waals surface area contributed by atoms with E-state index in [2.05, 4.69) is 5.32 Å². The largest absolute Gasteiger partial charge is 0.494 e. The van der Waals surface area contributed by atoms with Crippen molar-refractivity contribution >= 4 is 34.5 Å². The van der Waals surface area contributed by atoms with E-state index in [0.717, 1.165) is 27.8 Å². The first-order chi connectivity index (χ1) is 18.2. The lowest BCUT2D eigenvalue weighted by Gasteiger charge is -2.33. The van der Waals surface area contributed by atoms with Crippen LogP contribution < -0.4 is 10.1 Å². The van der Waals surface area contributed by atoms with Gasteiger partial charge in [-0.15, -0.1) is 0 Å². The van der Waals surface area contributed by atoms with Crippen molar-refractivity contribution in [2.24, 2.45) is 0 Å². The molecular formula is C30H38FN3O5. The number of aromatic nitrogens is 1. The van der Waals surface area contributed by atoms with E-state index in [9.17, 15) is 14.0 Å². The molecule has 0 spiro atoms. The number of rotatable bonds is 4. The number of fused-ring (bicyclic) bond motifs is 3. The molecule has 210 valence electrons. The molecule has 39 heavy (non-hydrogen) atoms. The Hall–Kier alpha value is -3.75. The van der Waals surface area contributed by atoms with Crippen LogP contribution in [0.15, 0.2) is 36.4 Å². The zero-order chi connectivity index (χ0) is 28.7. The summed E-state index contributed by atoms with van der Waals surface area (Å²) in [7, 11) is 3.18. The third-order valence-corrected chi connectivity index (χ3v) is 6.58. The van der Waals surface area contributed by atoms with Gasteiger partial charge in [0.25, 0.3) is 0 Å². The van der Waals surface area contributed by atoms with Crippen LogP contribution in [0.4, 0.5) is 25.4 Å². The van der Waals surface area contributed by atoms with E-state index in [1.807, 2.05) is 59.7 Å². The minimum atomic E-state index is -0.655. The van der Waals surface area contributed by atoms with Crippen LogP contribution in [-0.4, -0.2) is 53.1 Å². The summed E-state index contributed by atoms with van der Waals surface area (Å²) < 4.78 is 32.0. The molecule has 1 amide bonds. The maximum Gasteiger partial charge on any atom is 0.419 e. The number of ether oxygens (including phenoxy) is 3. The van der Waals surface area contributed by atoms with Crippen molar-refractivity contribution in [1.29, 1.82) is 0 Å². The summed E-state index contributed by atoms with van der Waals surface area (Å²) in [5.74, 6) is -0.301. The lowest BCUT2D eigenvalue weighted by molar-refractivity contribution is 0.0207. The van der Waals surface area contributed by atoms with Gasteiger partial charge in [0.05, 0.1) is 12.6 Å². The van der Waals surface area contributed by atoms with Crippen LogP contribution in [0.3, 0.4) is 0 Å². The normalized spacial score (nSPS) is 15.5. The first-order valence-corrected chi connectivity index (χ1v) is 13.1. The molecule has 1 aliphatic carbocycles. The number of nitrogens with one attached hydrogen (secondary N) is 1. The van der Waals surface area contributed by atoms with E-state index in [0.29, 0.717) is 24.9 Å². The summed E-state index contributed by atoms with van der Waals surface area (Å²) in [6, 6.07) is 10.2. The number of nitrogens with zero attached hydrogens (tertiary/aromatic N) is 2. The van der Waals surface area contributed by atoms with Gasteiger partial charge in [0.2, 0.25) is 0 Å². The van der Waals surface area contributed by atoms with Crippen LogP contribution in [0.2, 0.25) is 0 Å². The Labute approximate surface area is 229 Å². The molecule has 1 aliphatic rings. The highest BCUT2D eigenvalue weighted by atomic mass is 19.1. The first kappa shape index (κ1) is 28.3. The Morgan fingerprint density at radius 1 is 1.00 bits per heavy atom. The maximum atomic E-state index is 13.9. The van der Waals surface area contributed by atoms with Gasteiger partial charge in [-0.3, -0.25) is 0 Å². The van der Waals surface area contributed by atoms with Crippen LogP contribution in [0, 0.1) is 5.82 Å². The summed E-state index contributed by atoms with van der Waals surface area (Å²) in [6.45, 7) is 11.1. The van der Waals surface area contributed by atoms with Gasteiger partial charge in [0.1, 0.15) is 11.2 Å². The quantitative estimate of drug-likeness (QED) is 0.383. The molecule has 4 rings (SSSR count). The van der Waals surface area contributed by atoms with Crippen molar-refractivity contribution in [1.82, 2.24) is 9.47 Å². The van der Waals surface area contributed by atoms with E-state index in [4.69, 9.17) is 14.2 Å². The molecule has 1 unspecified atom stereocenters. The molecule has 0 radical (unpaired) electrons. The number of likely N-dealkylation sites (N-methyl/N-ethyl adjacent to an activating group) is 1. The predicted octanol–water partition coefficient (Wildman–Crippen LogP) is 7.04. The highest BCUT2D eigenvalue weighted by molar-refractivity contribution is 5.96. The molecular weight excluding hydrogens is 501 g/mol. The Morgan fingerprint density at radius 3 is 2.28 bits per heavy atom. The zero-order valence-corrected chi connectivity index (χ0v) is 24.0. The minimum Gasteiger partial charge on any atom is -0.494 e. The Morgan fingerprint density at radius 2 is 1.64 bits per heavy atom. The first-order valence-electron chi connectivity index (χ1n) is 13.1. The highest BCUT2D eigenvalue weighted by Gasteiger charge is 2.34. The molecule has 2 aromatic carbocycles. The number of anilines is 2. The van der Waals surface area contributed by atoms with Crippen molar-refractivity contribution in [3.05, 3.63) is 53.5 Å². The number of hydrogen-bond donors (Lipinski definition) is 1. The predicted molar refractivity (Wildman–Crippen MR) is 150 cm³/mol. The van der Waals surface area contributed by atoms with Gasteiger partial charge in [0.15, 0.2) is 11.6 Å². The minimum absolute atomic E-state index is 0.0944. The number of methoxy groups -OCH3 is 1. The zero-order valence-electron chi connectivity index (χ0n) is 24.0. The van der Waals surface area contributed by atoms with Crippen LogP contribution in [-0.2, 0) is 22.3 Å². The highest BCUT2D eigenvalue weighted by Crippen LogP contribution is 2.37. The molecule has 3 aromatic rings.